The highest BCUT2D eigenvalue weighted by atomic mass is 16.5. The first-order chi connectivity index (χ1) is 9.74. The molecule has 1 aliphatic heterocycles. The molecule has 0 bridgehead atoms. The molecule has 110 valence electrons. The fraction of sp³-hybridized carbons (Fsp3) is 0.714. The van der Waals surface area contributed by atoms with Crippen molar-refractivity contribution in [3.05, 3.63) is 22.7 Å². The van der Waals surface area contributed by atoms with Gasteiger partial charge in [-0.2, -0.15) is 0 Å². The van der Waals surface area contributed by atoms with Crippen LogP contribution in [0.4, 0.5) is 5.82 Å². The summed E-state index contributed by atoms with van der Waals surface area (Å²) in [4.78, 5) is 16.5. The lowest BCUT2D eigenvalue weighted by atomic mass is 9.99. The lowest BCUT2D eigenvalue weighted by Crippen LogP contribution is -2.50. The van der Waals surface area contributed by atoms with Crippen molar-refractivity contribution in [1.82, 2.24) is 14.9 Å². The molecule has 1 unspecified atom stereocenters. The first kappa shape index (κ1) is 13.6. The third kappa shape index (κ3) is 2.71. The van der Waals surface area contributed by atoms with Gasteiger partial charge in [-0.05, 0) is 32.2 Å². The van der Waals surface area contributed by atoms with Crippen molar-refractivity contribution in [1.29, 1.82) is 0 Å². The highest BCUT2D eigenvalue weighted by molar-refractivity contribution is 5.32. The lowest BCUT2D eigenvalue weighted by molar-refractivity contribution is 0.127. The predicted octanol–water partition coefficient (Wildman–Crippen LogP) is 0.759. The number of anilines is 1. The van der Waals surface area contributed by atoms with Gasteiger partial charge >= 0.3 is 0 Å². The number of rotatable bonds is 6. The van der Waals surface area contributed by atoms with Gasteiger partial charge in [-0.1, -0.05) is 0 Å². The third-order valence-electron chi connectivity index (χ3n) is 4.16. The summed E-state index contributed by atoms with van der Waals surface area (Å²) in [5.74, 6) is 0.448. The van der Waals surface area contributed by atoms with E-state index in [9.17, 15) is 4.79 Å². The quantitative estimate of drug-likeness (QED) is 0.804. The number of hydrogen-bond acceptors (Lipinski definition) is 5. The maximum atomic E-state index is 12.3. The van der Waals surface area contributed by atoms with E-state index in [1.165, 1.54) is 0 Å². The van der Waals surface area contributed by atoms with Gasteiger partial charge in [0.05, 0.1) is 12.1 Å². The Morgan fingerprint density at radius 3 is 3.10 bits per heavy atom. The highest BCUT2D eigenvalue weighted by Crippen LogP contribution is 2.33. The van der Waals surface area contributed by atoms with Gasteiger partial charge in [-0.3, -0.25) is 4.79 Å². The summed E-state index contributed by atoms with van der Waals surface area (Å²) in [6, 6.07) is 0.378. The summed E-state index contributed by atoms with van der Waals surface area (Å²) in [6.45, 7) is 2.31. The van der Waals surface area contributed by atoms with Crippen LogP contribution in [0.1, 0.15) is 31.7 Å². The van der Waals surface area contributed by atoms with E-state index in [2.05, 4.69) is 15.6 Å². The largest absolute Gasteiger partial charge is 0.383 e. The standard InChI is InChI=1S/C14H22N4O2/c1-20-10-14(5-2-6-17-14)9-16-12-13(19)18(8-7-15-12)11-3-4-11/h7-8,11,17H,2-6,9-10H2,1H3,(H,15,16). The van der Waals surface area contributed by atoms with Gasteiger partial charge in [-0.15, -0.1) is 0 Å². The average molecular weight is 278 g/mol. The molecule has 0 aromatic carbocycles. The molecule has 2 heterocycles. The molecule has 1 aromatic heterocycles. The van der Waals surface area contributed by atoms with Crippen LogP contribution in [0, 0.1) is 0 Å². The number of methoxy groups -OCH3 is 1. The van der Waals surface area contributed by atoms with Crippen molar-refractivity contribution in [2.75, 3.05) is 32.1 Å². The Bertz CT molecular complexity index is 518. The Kier molecular flexibility index (Phi) is 3.76. The van der Waals surface area contributed by atoms with Crippen molar-refractivity contribution < 1.29 is 4.74 Å². The number of nitrogens with one attached hydrogen (secondary N) is 2. The molecule has 2 N–H and O–H groups in total. The number of aromatic nitrogens is 2. The molecular formula is C14H22N4O2. The van der Waals surface area contributed by atoms with Crippen molar-refractivity contribution >= 4 is 5.82 Å². The molecule has 0 radical (unpaired) electrons. The lowest BCUT2D eigenvalue weighted by Gasteiger charge is -2.29. The molecule has 6 heteroatoms. The second-order valence-electron chi connectivity index (χ2n) is 5.82. The summed E-state index contributed by atoms with van der Waals surface area (Å²) in [5.41, 5.74) is -0.0936. The van der Waals surface area contributed by atoms with Crippen molar-refractivity contribution in [3.8, 4) is 0 Å². The molecule has 6 nitrogen and oxygen atoms in total. The number of nitrogens with zero attached hydrogens (tertiary/aromatic N) is 2. The SMILES string of the molecule is COCC1(CNc2nccn(C3CC3)c2=O)CCCN1. The summed E-state index contributed by atoms with van der Waals surface area (Å²) in [6.07, 6.45) is 7.87. The second kappa shape index (κ2) is 5.54. The molecule has 1 aromatic rings. The first-order valence-corrected chi connectivity index (χ1v) is 7.29. The monoisotopic (exact) mass is 278 g/mol. The van der Waals surface area contributed by atoms with Gasteiger partial charge < -0.3 is 19.9 Å². The minimum absolute atomic E-state index is 0.0134. The fourth-order valence-corrected chi connectivity index (χ4v) is 2.91. The summed E-state index contributed by atoms with van der Waals surface area (Å²) in [5, 5.41) is 6.70. The van der Waals surface area contributed by atoms with E-state index >= 15 is 0 Å². The highest BCUT2D eigenvalue weighted by Gasteiger charge is 2.33. The smallest absolute Gasteiger partial charge is 0.293 e. The maximum absolute atomic E-state index is 12.3. The molecular weight excluding hydrogens is 256 g/mol. The molecule has 1 atom stereocenters. The van der Waals surface area contributed by atoms with Gasteiger partial charge in [-0.25, -0.2) is 4.98 Å². The molecule has 3 rings (SSSR count). The van der Waals surface area contributed by atoms with E-state index in [0.29, 0.717) is 25.0 Å². The summed E-state index contributed by atoms with van der Waals surface area (Å²) >= 11 is 0. The van der Waals surface area contributed by atoms with Gasteiger partial charge in [0.1, 0.15) is 0 Å². The van der Waals surface area contributed by atoms with Crippen LogP contribution >= 0.6 is 0 Å². The molecule has 1 saturated heterocycles. The molecule has 1 saturated carbocycles. The normalized spacial score (nSPS) is 25.9. The van der Waals surface area contributed by atoms with Crippen LogP contribution in [-0.2, 0) is 4.74 Å². The molecule has 2 fully saturated rings. The van der Waals surface area contributed by atoms with Gasteiger partial charge in [0.25, 0.3) is 5.56 Å². The van der Waals surface area contributed by atoms with Crippen LogP contribution in [0.2, 0.25) is 0 Å². The molecule has 1 aliphatic carbocycles. The predicted molar refractivity (Wildman–Crippen MR) is 77.1 cm³/mol. The average Bonchev–Trinajstić information content (AvgIpc) is 3.19. The minimum Gasteiger partial charge on any atom is -0.383 e. The van der Waals surface area contributed by atoms with Crippen LogP contribution < -0.4 is 16.2 Å². The van der Waals surface area contributed by atoms with Gasteiger partial charge in [0, 0.05) is 32.1 Å². The molecule has 2 aliphatic rings. The van der Waals surface area contributed by atoms with E-state index in [1.807, 2.05) is 0 Å². The van der Waals surface area contributed by atoms with Crippen LogP contribution in [-0.4, -0.2) is 41.9 Å². The van der Waals surface area contributed by atoms with E-state index in [0.717, 1.165) is 32.2 Å². The molecule has 20 heavy (non-hydrogen) atoms. The van der Waals surface area contributed by atoms with Crippen LogP contribution in [0.25, 0.3) is 0 Å². The minimum atomic E-state index is -0.0802. The van der Waals surface area contributed by atoms with E-state index in [4.69, 9.17) is 4.74 Å². The zero-order valence-corrected chi connectivity index (χ0v) is 11.9. The van der Waals surface area contributed by atoms with Crippen molar-refractivity contribution in [3.63, 3.8) is 0 Å². The Hall–Kier alpha value is -1.40. The second-order valence-corrected chi connectivity index (χ2v) is 5.82. The fourth-order valence-electron chi connectivity index (χ4n) is 2.91. The molecule has 0 amide bonds. The Morgan fingerprint density at radius 2 is 2.45 bits per heavy atom. The summed E-state index contributed by atoms with van der Waals surface area (Å²) < 4.78 is 7.11. The Balaban J connectivity index is 1.71. The van der Waals surface area contributed by atoms with Crippen LogP contribution in [0.15, 0.2) is 17.2 Å². The maximum Gasteiger partial charge on any atom is 0.293 e. The Morgan fingerprint density at radius 1 is 1.60 bits per heavy atom. The zero-order valence-electron chi connectivity index (χ0n) is 11.9. The molecule has 0 spiro atoms. The van der Waals surface area contributed by atoms with Crippen LogP contribution in [0.5, 0.6) is 0 Å². The van der Waals surface area contributed by atoms with Gasteiger partial charge in [0.15, 0.2) is 5.82 Å². The zero-order chi connectivity index (χ0) is 14.0. The van der Waals surface area contributed by atoms with E-state index in [1.54, 1.807) is 24.1 Å². The van der Waals surface area contributed by atoms with Crippen LogP contribution in [0.3, 0.4) is 0 Å². The number of hydrogen-bond donors (Lipinski definition) is 2. The Labute approximate surface area is 118 Å². The number of ether oxygens (including phenoxy) is 1. The van der Waals surface area contributed by atoms with Crippen molar-refractivity contribution in [2.24, 2.45) is 0 Å². The van der Waals surface area contributed by atoms with Gasteiger partial charge in [0.2, 0.25) is 0 Å². The van der Waals surface area contributed by atoms with Crippen molar-refractivity contribution in [2.45, 2.75) is 37.3 Å². The first-order valence-electron chi connectivity index (χ1n) is 7.29. The van der Waals surface area contributed by atoms with E-state index < -0.39 is 0 Å². The summed E-state index contributed by atoms with van der Waals surface area (Å²) in [7, 11) is 1.71. The van der Waals surface area contributed by atoms with E-state index in [-0.39, 0.29) is 11.1 Å². The third-order valence-corrected chi connectivity index (χ3v) is 4.16. The topological polar surface area (TPSA) is 68.2 Å².